The number of rotatable bonds is 4. The van der Waals surface area contributed by atoms with Crippen LogP contribution in [0.2, 0.25) is 5.02 Å². The smallest absolute Gasteiger partial charge is 0.0410 e. The molecule has 0 radical (unpaired) electrons. The summed E-state index contributed by atoms with van der Waals surface area (Å²) < 4.78 is 0. The lowest BCUT2D eigenvalue weighted by Gasteiger charge is -2.26. The second-order valence-electron chi connectivity index (χ2n) is 5.29. The number of thioether (sulfide) groups is 1. The van der Waals surface area contributed by atoms with E-state index in [1.807, 2.05) is 24.9 Å². The molecule has 0 amide bonds. The van der Waals surface area contributed by atoms with Gasteiger partial charge in [0.25, 0.3) is 0 Å². The Morgan fingerprint density at radius 3 is 2.94 bits per heavy atom. The zero-order valence-corrected chi connectivity index (χ0v) is 12.8. The van der Waals surface area contributed by atoms with E-state index in [0.29, 0.717) is 0 Å². The molecule has 0 aromatic heterocycles. The fraction of sp³-hybridized carbons (Fsp3) is 0.600. The van der Waals surface area contributed by atoms with E-state index < -0.39 is 0 Å². The molecule has 0 saturated heterocycles. The summed E-state index contributed by atoms with van der Waals surface area (Å²) in [6.07, 6.45) is 5.50. The molecule has 1 aromatic carbocycles. The summed E-state index contributed by atoms with van der Waals surface area (Å²) in [5.74, 6) is 0.885. The van der Waals surface area contributed by atoms with Crippen molar-refractivity contribution in [2.45, 2.75) is 49.3 Å². The fourth-order valence-corrected chi connectivity index (χ4v) is 4.35. The molecule has 2 unspecified atom stereocenters. The van der Waals surface area contributed by atoms with Gasteiger partial charge in [0.1, 0.15) is 0 Å². The molecule has 2 atom stereocenters. The van der Waals surface area contributed by atoms with Crippen molar-refractivity contribution >= 4 is 23.4 Å². The standard InChI is InChI=1S/C15H22ClNS/c1-11-4-3-5-14(8-11)18-15-7-6-13(16)9-12(15)10-17-2/h6-7,9,11,14,17H,3-5,8,10H2,1-2H3. The SMILES string of the molecule is CNCc1cc(Cl)ccc1SC1CCCC(C)C1. The summed E-state index contributed by atoms with van der Waals surface area (Å²) in [5, 5.41) is 4.84. The zero-order valence-electron chi connectivity index (χ0n) is 11.2. The predicted octanol–water partition coefficient (Wildman–Crippen LogP) is 4.73. The summed E-state index contributed by atoms with van der Waals surface area (Å²) >= 11 is 8.13. The van der Waals surface area contributed by atoms with Gasteiger partial charge in [-0.05, 0) is 49.6 Å². The summed E-state index contributed by atoms with van der Waals surface area (Å²) in [5.41, 5.74) is 1.33. The van der Waals surface area contributed by atoms with Crippen LogP contribution in [0.25, 0.3) is 0 Å². The van der Waals surface area contributed by atoms with Gasteiger partial charge in [0.15, 0.2) is 0 Å². The number of hydrogen-bond donors (Lipinski definition) is 1. The highest BCUT2D eigenvalue weighted by molar-refractivity contribution is 8.00. The van der Waals surface area contributed by atoms with Crippen LogP contribution >= 0.6 is 23.4 Å². The van der Waals surface area contributed by atoms with Crippen molar-refractivity contribution < 1.29 is 0 Å². The second kappa shape index (κ2) is 6.83. The normalized spacial score (nSPS) is 24.2. The minimum absolute atomic E-state index is 0.783. The molecular weight excluding hydrogens is 262 g/mol. The Morgan fingerprint density at radius 2 is 2.22 bits per heavy atom. The maximum Gasteiger partial charge on any atom is 0.0410 e. The highest BCUT2D eigenvalue weighted by Crippen LogP contribution is 2.38. The number of benzene rings is 1. The van der Waals surface area contributed by atoms with Gasteiger partial charge in [-0.1, -0.05) is 31.4 Å². The highest BCUT2D eigenvalue weighted by Gasteiger charge is 2.20. The van der Waals surface area contributed by atoms with E-state index in [1.54, 1.807) is 0 Å². The highest BCUT2D eigenvalue weighted by atomic mass is 35.5. The van der Waals surface area contributed by atoms with Crippen LogP contribution in [-0.2, 0) is 6.54 Å². The molecule has 1 aliphatic carbocycles. The van der Waals surface area contributed by atoms with Crippen molar-refractivity contribution in [3.63, 3.8) is 0 Å². The molecular formula is C15H22ClNS. The van der Waals surface area contributed by atoms with Crippen LogP contribution in [0.1, 0.15) is 38.2 Å². The molecule has 2 rings (SSSR count). The van der Waals surface area contributed by atoms with Crippen LogP contribution in [0.4, 0.5) is 0 Å². The number of nitrogens with one attached hydrogen (secondary N) is 1. The molecule has 0 spiro atoms. The van der Waals surface area contributed by atoms with Crippen molar-refractivity contribution in [2.24, 2.45) is 5.92 Å². The first-order valence-corrected chi connectivity index (χ1v) is 8.04. The van der Waals surface area contributed by atoms with Crippen LogP contribution in [-0.4, -0.2) is 12.3 Å². The first-order valence-electron chi connectivity index (χ1n) is 6.78. The monoisotopic (exact) mass is 283 g/mol. The molecule has 1 N–H and O–H groups in total. The van der Waals surface area contributed by atoms with Crippen molar-refractivity contribution in [3.8, 4) is 0 Å². The van der Waals surface area contributed by atoms with Gasteiger partial charge in [-0.2, -0.15) is 0 Å². The van der Waals surface area contributed by atoms with Gasteiger partial charge in [-0.25, -0.2) is 0 Å². The van der Waals surface area contributed by atoms with Crippen LogP contribution in [0.5, 0.6) is 0 Å². The Labute approximate surface area is 120 Å². The van der Waals surface area contributed by atoms with E-state index in [1.165, 1.54) is 36.1 Å². The van der Waals surface area contributed by atoms with Gasteiger partial charge in [-0.3, -0.25) is 0 Å². The topological polar surface area (TPSA) is 12.0 Å². The van der Waals surface area contributed by atoms with Crippen LogP contribution in [0.3, 0.4) is 0 Å². The first-order chi connectivity index (χ1) is 8.69. The van der Waals surface area contributed by atoms with E-state index in [-0.39, 0.29) is 0 Å². The third-order valence-electron chi connectivity index (χ3n) is 3.57. The third kappa shape index (κ3) is 3.91. The predicted molar refractivity (Wildman–Crippen MR) is 81.5 cm³/mol. The summed E-state index contributed by atoms with van der Waals surface area (Å²) in [6.45, 7) is 3.27. The van der Waals surface area contributed by atoms with E-state index in [2.05, 4.69) is 24.4 Å². The van der Waals surface area contributed by atoms with Crippen LogP contribution in [0, 0.1) is 5.92 Å². The lowest BCUT2D eigenvalue weighted by molar-refractivity contribution is 0.394. The third-order valence-corrected chi connectivity index (χ3v) is 5.22. The van der Waals surface area contributed by atoms with Crippen molar-refractivity contribution in [1.82, 2.24) is 5.32 Å². The summed E-state index contributed by atoms with van der Waals surface area (Å²) in [4.78, 5) is 1.40. The molecule has 3 heteroatoms. The quantitative estimate of drug-likeness (QED) is 0.857. The average molecular weight is 284 g/mol. The maximum absolute atomic E-state index is 6.08. The lowest BCUT2D eigenvalue weighted by atomic mass is 9.91. The number of halogens is 1. The maximum atomic E-state index is 6.08. The number of hydrogen-bond acceptors (Lipinski definition) is 2. The van der Waals surface area contributed by atoms with Crippen LogP contribution < -0.4 is 5.32 Å². The van der Waals surface area contributed by atoms with E-state index in [4.69, 9.17) is 11.6 Å². The molecule has 1 fully saturated rings. The Hall–Kier alpha value is -0.180. The second-order valence-corrected chi connectivity index (χ2v) is 7.07. The average Bonchev–Trinajstić information content (AvgIpc) is 2.33. The van der Waals surface area contributed by atoms with Gasteiger partial charge in [0, 0.05) is 21.7 Å². The zero-order chi connectivity index (χ0) is 13.0. The summed E-state index contributed by atoms with van der Waals surface area (Å²) in [7, 11) is 1.98. The Bertz CT molecular complexity index is 394. The minimum Gasteiger partial charge on any atom is -0.316 e. The van der Waals surface area contributed by atoms with Gasteiger partial charge in [0.05, 0.1) is 0 Å². The lowest BCUT2D eigenvalue weighted by Crippen LogP contribution is -2.15. The van der Waals surface area contributed by atoms with Gasteiger partial charge in [-0.15, -0.1) is 11.8 Å². The summed E-state index contributed by atoms with van der Waals surface area (Å²) in [6, 6.07) is 6.28. The fourth-order valence-electron chi connectivity index (χ4n) is 2.66. The first kappa shape index (κ1) is 14.2. The van der Waals surface area contributed by atoms with E-state index in [9.17, 15) is 0 Å². The molecule has 1 saturated carbocycles. The Kier molecular flexibility index (Phi) is 5.40. The van der Waals surface area contributed by atoms with Crippen LogP contribution in [0.15, 0.2) is 23.1 Å². The van der Waals surface area contributed by atoms with Gasteiger partial charge < -0.3 is 5.32 Å². The molecule has 0 heterocycles. The Morgan fingerprint density at radius 1 is 1.39 bits per heavy atom. The van der Waals surface area contributed by atoms with Crippen molar-refractivity contribution in [1.29, 1.82) is 0 Å². The molecule has 0 bridgehead atoms. The molecule has 18 heavy (non-hydrogen) atoms. The molecule has 0 aliphatic heterocycles. The van der Waals surface area contributed by atoms with Crippen molar-refractivity contribution in [2.75, 3.05) is 7.05 Å². The van der Waals surface area contributed by atoms with Crippen molar-refractivity contribution in [3.05, 3.63) is 28.8 Å². The van der Waals surface area contributed by atoms with E-state index in [0.717, 1.165) is 22.7 Å². The Balaban J connectivity index is 2.07. The van der Waals surface area contributed by atoms with Gasteiger partial charge in [0.2, 0.25) is 0 Å². The molecule has 1 aromatic rings. The molecule has 100 valence electrons. The van der Waals surface area contributed by atoms with E-state index >= 15 is 0 Å². The van der Waals surface area contributed by atoms with Gasteiger partial charge >= 0.3 is 0 Å². The largest absolute Gasteiger partial charge is 0.316 e. The molecule has 1 aliphatic rings. The minimum atomic E-state index is 0.783. The molecule has 1 nitrogen and oxygen atoms in total.